The van der Waals surface area contributed by atoms with Gasteiger partial charge in [-0.15, -0.1) is 0 Å². The third-order valence-corrected chi connectivity index (χ3v) is 4.58. The molecule has 4 heteroatoms. The Hall–Kier alpha value is -0.220. The molecule has 1 saturated heterocycles. The van der Waals surface area contributed by atoms with Crippen LogP contribution in [0, 0.1) is 0 Å². The number of carboxylic acids is 1. The van der Waals surface area contributed by atoms with Crippen molar-refractivity contribution in [3.05, 3.63) is 0 Å². The first-order valence-corrected chi connectivity index (χ1v) is 6.97. The van der Waals surface area contributed by atoms with E-state index in [4.69, 9.17) is 0 Å². The van der Waals surface area contributed by atoms with E-state index in [9.17, 15) is 9.90 Å². The summed E-state index contributed by atoms with van der Waals surface area (Å²) in [4.78, 5) is 11.4. The van der Waals surface area contributed by atoms with E-state index < -0.39 is 11.5 Å². The molecule has 2 fully saturated rings. The van der Waals surface area contributed by atoms with Crippen LogP contribution in [0.15, 0.2) is 0 Å². The van der Waals surface area contributed by atoms with Gasteiger partial charge in [0.2, 0.25) is 0 Å². The van der Waals surface area contributed by atoms with Crippen molar-refractivity contribution >= 4 is 17.7 Å². The monoisotopic (exact) mass is 229 g/mol. The molecule has 3 nitrogen and oxygen atoms in total. The minimum absolute atomic E-state index is 0.448. The summed E-state index contributed by atoms with van der Waals surface area (Å²) in [7, 11) is 0. The van der Waals surface area contributed by atoms with Crippen molar-refractivity contribution in [2.45, 2.75) is 50.1 Å². The van der Waals surface area contributed by atoms with Crippen LogP contribution in [0.3, 0.4) is 0 Å². The fourth-order valence-electron chi connectivity index (χ4n) is 2.60. The maximum Gasteiger partial charge on any atom is 0.323 e. The van der Waals surface area contributed by atoms with Gasteiger partial charge in [-0.25, -0.2) is 0 Å². The van der Waals surface area contributed by atoms with Crippen LogP contribution in [0.4, 0.5) is 0 Å². The van der Waals surface area contributed by atoms with E-state index in [1.165, 1.54) is 12.8 Å². The second-order valence-corrected chi connectivity index (χ2v) is 5.85. The zero-order valence-electron chi connectivity index (χ0n) is 9.00. The van der Waals surface area contributed by atoms with Gasteiger partial charge in [0, 0.05) is 6.04 Å². The van der Waals surface area contributed by atoms with Gasteiger partial charge in [0.25, 0.3) is 0 Å². The summed E-state index contributed by atoms with van der Waals surface area (Å²) in [5, 5.41) is 12.8. The topological polar surface area (TPSA) is 49.3 Å². The molecular weight excluding hydrogens is 210 g/mol. The molecule has 1 heterocycles. The number of carbonyl (C=O) groups is 1. The lowest BCUT2D eigenvalue weighted by atomic mass is 9.91. The molecule has 2 N–H and O–H groups in total. The minimum atomic E-state index is -0.644. The average Bonchev–Trinajstić information content (AvgIpc) is 2.71. The highest BCUT2D eigenvalue weighted by Crippen LogP contribution is 2.30. The molecule has 0 unspecified atom stereocenters. The molecule has 2 rings (SSSR count). The van der Waals surface area contributed by atoms with Crippen molar-refractivity contribution in [3.8, 4) is 0 Å². The summed E-state index contributed by atoms with van der Waals surface area (Å²) in [5.74, 6) is 1.31. The van der Waals surface area contributed by atoms with Gasteiger partial charge >= 0.3 is 5.97 Å². The van der Waals surface area contributed by atoms with E-state index in [0.717, 1.165) is 37.2 Å². The van der Waals surface area contributed by atoms with Crippen LogP contribution in [0.25, 0.3) is 0 Å². The van der Waals surface area contributed by atoms with Crippen molar-refractivity contribution in [2.75, 3.05) is 11.5 Å². The predicted molar refractivity (Wildman–Crippen MR) is 62.3 cm³/mol. The molecule has 0 bridgehead atoms. The van der Waals surface area contributed by atoms with Gasteiger partial charge in [0.15, 0.2) is 0 Å². The van der Waals surface area contributed by atoms with Gasteiger partial charge < -0.3 is 5.11 Å². The fraction of sp³-hybridized carbons (Fsp3) is 0.909. The highest BCUT2D eigenvalue weighted by Gasteiger charge is 2.41. The van der Waals surface area contributed by atoms with Crippen LogP contribution < -0.4 is 5.32 Å². The third-order valence-electron chi connectivity index (χ3n) is 3.59. The number of aliphatic carboxylic acids is 1. The van der Waals surface area contributed by atoms with E-state index >= 15 is 0 Å². The van der Waals surface area contributed by atoms with E-state index in [0.29, 0.717) is 6.04 Å². The Kier molecular flexibility index (Phi) is 3.57. The highest BCUT2D eigenvalue weighted by atomic mass is 32.2. The maximum absolute atomic E-state index is 11.4. The Morgan fingerprint density at radius 1 is 1.27 bits per heavy atom. The molecule has 86 valence electrons. The number of carboxylic acid groups (broad SMARTS) is 1. The SMILES string of the molecule is O=C(O)C1(NC2CCCC2)CCSCC1. The maximum atomic E-state index is 11.4. The fourth-order valence-corrected chi connectivity index (χ4v) is 3.79. The second kappa shape index (κ2) is 4.74. The Balaban J connectivity index is 2.00. The van der Waals surface area contributed by atoms with E-state index in [-0.39, 0.29) is 0 Å². The molecular formula is C11H19NO2S. The summed E-state index contributed by atoms with van der Waals surface area (Å²) < 4.78 is 0. The first kappa shape index (κ1) is 11.3. The number of hydrogen-bond acceptors (Lipinski definition) is 3. The molecule has 15 heavy (non-hydrogen) atoms. The Bertz CT molecular complexity index is 233. The summed E-state index contributed by atoms with van der Waals surface area (Å²) in [6.45, 7) is 0. The van der Waals surface area contributed by atoms with Crippen molar-refractivity contribution in [2.24, 2.45) is 0 Å². The molecule has 0 aromatic carbocycles. The van der Waals surface area contributed by atoms with Crippen molar-refractivity contribution in [3.63, 3.8) is 0 Å². The molecule has 1 aliphatic carbocycles. The lowest BCUT2D eigenvalue weighted by molar-refractivity contribution is -0.145. The van der Waals surface area contributed by atoms with Crippen LogP contribution in [0.1, 0.15) is 38.5 Å². The van der Waals surface area contributed by atoms with E-state index in [1.54, 1.807) is 0 Å². The quantitative estimate of drug-likeness (QED) is 0.775. The van der Waals surface area contributed by atoms with Gasteiger partial charge in [-0.05, 0) is 37.2 Å². The third kappa shape index (κ3) is 2.48. The van der Waals surface area contributed by atoms with Gasteiger partial charge in [-0.1, -0.05) is 12.8 Å². The molecule has 2 aliphatic rings. The molecule has 0 spiro atoms. The zero-order chi connectivity index (χ0) is 10.7. The molecule has 1 saturated carbocycles. The molecule has 0 aromatic heterocycles. The molecule has 1 aliphatic heterocycles. The largest absolute Gasteiger partial charge is 0.480 e. The predicted octanol–water partition coefficient (Wildman–Crippen LogP) is 1.87. The number of nitrogens with one attached hydrogen (secondary N) is 1. The van der Waals surface area contributed by atoms with Gasteiger partial charge in [-0.2, -0.15) is 11.8 Å². The molecule has 0 aromatic rings. The Morgan fingerprint density at radius 3 is 2.40 bits per heavy atom. The number of thioether (sulfide) groups is 1. The van der Waals surface area contributed by atoms with Crippen LogP contribution in [-0.2, 0) is 4.79 Å². The number of hydrogen-bond donors (Lipinski definition) is 2. The molecule has 0 radical (unpaired) electrons. The normalized spacial score (nSPS) is 26.7. The van der Waals surface area contributed by atoms with Gasteiger partial charge in [0.1, 0.15) is 5.54 Å². The van der Waals surface area contributed by atoms with Crippen molar-refractivity contribution < 1.29 is 9.90 Å². The first-order valence-electron chi connectivity index (χ1n) is 5.82. The van der Waals surface area contributed by atoms with Crippen LogP contribution >= 0.6 is 11.8 Å². The van der Waals surface area contributed by atoms with Crippen molar-refractivity contribution in [1.29, 1.82) is 0 Å². The Morgan fingerprint density at radius 2 is 1.87 bits per heavy atom. The van der Waals surface area contributed by atoms with E-state index in [2.05, 4.69) is 5.32 Å². The summed E-state index contributed by atoms with van der Waals surface area (Å²) >= 11 is 1.87. The lowest BCUT2D eigenvalue weighted by Crippen LogP contribution is -2.57. The summed E-state index contributed by atoms with van der Waals surface area (Å²) in [6.07, 6.45) is 6.38. The summed E-state index contributed by atoms with van der Waals surface area (Å²) in [6, 6.07) is 0.448. The van der Waals surface area contributed by atoms with Gasteiger partial charge in [-0.3, -0.25) is 10.1 Å². The standard InChI is InChI=1S/C11H19NO2S/c13-10(14)11(5-7-15-8-6-11)12-9-3-1-2-4-9/h9,12H,1-8H2,(H,13,14). The van der Waals surface area contributed by atoms with Crippen LogP contribution in [0.2, 0.25) is 0 Å². The zero-order valence-corrected chi connectivity index (χ0v) is 9.81. The first-order chi connectivity index (χ1) is 7.23. The lowest BCUT2D eigenvalue weighted by Gasteiger charge is -2.36. The van der Waals surface area contributed by atoms with E-state index in [1.807, 2.05) is 11.8 Å². The summed E-state index contributed by atoms with van der Waals surface area (Å²) in [5.41, 5.74) is -0.611. The van der Waals surface area contributed by atoms with Crippen molar-refractivity contribution in [1.82, 2.24) is 5.32 Å². The second-order valence-electron chi connectivity index (χ2n) is 4.63. The smallest absolute Gasteiger partial charge is 0.323 e. The highest BCUT2D eigenvalue weighted by molar-refractivity contribution is 7.99. The van der Waals surface area contributed by atoms with Crippen LogP contribution in [-0.4, -0.2) is 34.2 Å². The average molecular weight is 229 g/mol. The van der Waals surface area contributed by atoms with Gasteiger partial charge in [0.05, 0.1) is 0 Å². The molecule has 0 amide bonds. The number of rotatable bonds is 3. The van der Waals surface area contributed by atoms with Crippen LogP contribution in [0.5, 0.6) is 0 Å². The minimum Gasteiger partial charge on any atom is -0.480 e. The molecule has 0 atom stereocenters. The Labute approximate surface area is 95.0 Å².